The minimum Gasteiger partial charge on any atom is -0.378 e. The predicted molar refractivity (Wildman–Crippen MR) is 64.8 cm³/mol. The van der Waals surface area contributed by atoms with Crippen LogP contribution in [0.1, 0.15) is 43.3 Å². The molecule has 2 rings (SSSR count). The van der Waals surface area contributed by atoms with E-state index in [0.717, 1.165) is 5.56 Å². The van der Waals surface area contributed by atoms with Gasteiger partial charge in [0.05, 0.1) is 0 Å². The van der Waals surface area contributed by atoms with Crippen molar-refractivity contribution in [3.63, 3.8) is 0 Å². The van der Waals surface area contributed by atoms with Crippen LogP contribution in [0.2, 0.25) is 0 Å². The van der Waals surface area contributed by atoms with Crippen molar-refractivity contribution in [1.29, 1.82) is 0 Å². The lowest BCUT2D eigenvalue weighted by Crippen LogP contribution is -2.03. The fourth-order valence-corrected chi connectivity index (χ4v) is 1.63. The van der Waals surface area contributed by atoms with Crippen molar-refractivity contribution >= 4 is 0 Å². The third-order valence-electron chi connectivity index (χ3n) is 2.59. The van der Waals surface area contributed by atoms with E-state index in [1.165, 1.54) is 0 Å². The molecule has 0 aliphatic rings. The third-order valence-corrected chi connectivity index (χ3v) is 2.59. The smallest absolute Gasteiger partial charge is 0.260 e. The molecule has 5 heteroatoms. The fourth-order valence-electron chi connectivity index (χ4n) is 1.63. The summed E-state index contributed by atoms with van der Waals surface area (Å²) in [6.07, 6.45) is -1.14. The zero-order valence-corrected chi connectivity index (χ0v) is 10.4. The third kappa shape index (κ3) is 2.75. The Morgan fingerprint density at radius 1 is 1.33 bits per heavy atom. The van der Waals surface area contributed by atoms with E-state index in [1.54, 1.807) is 12.1 Å². The zero-order valence-electron chi connectivity index (χ0n) is 10.4. The lowest BCUT2D eigenvalue weighted by atomic mass is 10.1. The minimum absolute atomic E-state index is 0.183. The first-order chi connectivity index (χ1) is 8.72. The summed E-state index contributed by atoms with van der Waals surface area (Å²) in [6, 6.07) is 9.19. The van der Waals surface area contributed by atoms with Gasteiger partial charge in [0.1, 0.15) is 6.10 Å². The molecular formula is C13H16N2O3. The van der Waals surface area contributed by atoms with E-state index in [2.05, 4.69) is 10.1 Å². The molecule has 0 amide bonds. The maximum atomic E-state index is 10.1. The molecule has 0 aliphatic heterocycles. The molecule has 0 spiro atoms. The molecule has 1 aromatic carbocycles. The summed E-state index contributed by atoms with van der Waals surface area (Å²) in [7, 11) is 0. The van der Waals surface area contributed by atoms with E-state index in [0.29, 0.717) is 12.4 Å². The fraction of sp³-hybridized carbons (Fsp3) is 0.385. The van der Waals surface area contributed by atoms with Crippen LogP contribution in [0.4, 0.5) is 0 Å². The summed E-state index contributed by atoms with van der Waals surface area (Å²) in [6.45, 7) is 4.32. The van der Waals surface area contributed by atoms with Crippen molar-refractivity contribution in [2.45, 2.75) is 26.1 Å². The molecule has 1 aromatic heterocycles. The topological polar surface area (TPSA) is 68.4 Å². The van der Waals surface area contributed by atoms with E-state index in [-0.39, 0.29) is 12.0 Å². The Morgan fingerprint density at radius 2 is 2.06 bits per heavy atom. The number of hydrogen-bond acceptors (Lipinski definition) is 5. The maximum Gasteiger partial charge on any atom is 0.260 e. The van der Waals surface area contributed by atoms with Gasteiger partial charge in [0.15, 0.2) is 11.9 Å². The van der Waals surface area contributed by atoms with Crippen LogP contribution < -0.4 is 0 Å². The summed E-state index contributed by atoms with van der Waals surface area (Å²) in [5, 5.41) is 13.9. The summed E-state index contributed by atoms with van der Waals surface area (Å²) in [5.74, 6) is 0.629. The van der Waals surface area contributed by atoms with Crippen LogP contribution in [0.25, 0.3) is 0 Å². The summed E-state index contributed by atoms with van der Waals surface area (Å²) >= 11 is 0. The minimum atomic E-state index is -0.902. The molecule has 0 saturated carbocycles. The molecule has 0 saturated heterocycles. The summed E-state index contributed by atoms with van der Waals surface area (Å²) in [4.78, 5) is 4.15. The monoisotopic (exact) mass is 248 g/mol. The van der Waals surface area contributed by atoms with Gasteiger partial charge >= 0.3 is 0 Å². The Kier molecular flexibility index (Phi) is 4.07. The average Bonchev–Trinajstić information content (AvgIpc) is 2.89. The first-order valence-corrected chi connectivity index (χ1v) is 5.90. The van der Waals surface area contributed by atoms with Crippen molar-refractivity contribution in [3.8, 4) is 0 Å². The standard InChI is InChI=1S/C13H16N2O3/c1-3-17-9(2)12-14-13(18-15-12)11(16)10-7-5-4-6-8-10/h4-9,11,16H,3H2,1-2H3. The molecule has 96 valence electrons. The second-order valence-electron chi connectivity index (χ2n) is 3.90. The molecule has 1 N–H and O–H groups in total. The van der Waals surface area contributed by atoms with Gasteiger partial charge in [-0.15, -0.1) is 0 Å². The zero-order chi connectivity index (χ0) is 13.0. The van der Waals surface area contributed by atoms with Crippen molar-refractivity contribution < 1.29 is 14.4 Å². The van der Waals surface area contributed by atoms with Gasteiger partial charge < -0.3 is 14.4 Å². The second kappa shape index (κ2) is 5.75. The SMILES string of the molecule is CCOC(C)c1noc(C(O)c2ccccc2)n1. The number of aliphatic hydroxyl groups is 1. The number of ether oxygens (including phenoxy) is 1. The lowest BCUT2D eigenvalue weighted by molar-refractivity contribution is 0.0683. The van der Waals surface area contributed by atoms with Crippen LogP contribution in [-0.4, -0.2) is 21.9 Å². The van der Waals surface area contributed by atoms with Crippen molar-refractivity contribution in [2.24, 2.45) is 0 Å². The molecule has 5 nitrogen and oxygen atoms in total. The molecule has 18 heavy (non-hydrogen) atoms. The Balaban J connectivity index is 2.15. The molecule has 0 bridgehead atoms. The van der Waals surface area contributed by atoms with Crippen LogP contribution in [0.3, 0.4) is 0 Å². The normalized spacial score (nSPS) is 14.4. The van der Waals surface area contributed by atoms with E-state index >= 15 is 0 Å². The number of nitrogens with zero attached hydrogens (tertiary/aromatic N) is 2. The van der Waals surface area contributed by atoms with Crippen LogP contribution >= 0.6 is 0 Å². The van der Waals surface area contributed by atoms with Crippen LogP contribution in [0.15, 0.2) is 34.9 Å². The van der Waals surface area contributed by atoms with Crippen LogP contribution in [-0.2, 0) is 4.74 Å². The van der Waals surface area contributed by atoms with Crippen molar-refractivity contribution in [3.05, 3.63) is 47.6 Å². The molecule has 2 unspecified atom stereocenters. The number of rotatable bonds is 5. The molecular weight excluding hydrogens is 232 g/mol. The second-order valence-corrected chi connectivity index (χ2v) is 3.90. The number of benzene rings is 1. The molecule has 0 fully saturated rings. The Morgan fingerprint density at radius 3 is 2.72 bits per heavy atom. The molecule has 2 aromatic rings. The highest BCUT2D eigenvalue weighted by Gasteiger charge is 2.20. The predicted octanol–water partition coefficient (Wildman–Crippen LogP) is 2.25. The maximum absolute atomic E-state index is 10.1. The highest BCUT2D eigenvalue weighted by Crippen LogP contribution is 2.22. The van der Waals surface area contributed by atoms with Gasteiger partial charge in [-0.2, -0.15) is 4.98 Å². The first kappa shape index (κ1) is 12.7. The number of hydrogen-bond donors (Lipinski definition) is 1. The molecule has 1 heterocycles. The van der Waals surface area contributed by atoms with Gasteiger partial charge in [-0.05, 0) is 19.4 Å². The Bertz CT molecular complexity index is 484. The Hall–Kier alpha value is -1.72. The average molecular weight is 248 g/mol. The Labute approximate surface area is 105 Å². The van der Waals surface area contributed by atoms with Crippen molar-refractivity contribution in [2.75, 3.05) is 6.61 Å². The largest absolute Gasteiger partial charge is 0.378 e. The molecule has 2 atom stereocenters. The summed E-state index contributed by atoms with van der Waals surface area (Å²) < 4.78 is 10.4. The van der Waals surface area contributed by atoms with Gasteiger partial charge in [0.2, 0.25) is 0 Å². The van der Waals surface area contributed by atoms with Gasteiger partial charge in [-0.25, -0.2) is 0 Å². The van der Waals surface area contributed by atoms with Crippen LogP contribution in [0.5, 0.6) is 0 Å². The van der Waals surface area contributed by atoms with Crippen LogP contribution in [0, 0.1) is 0 Å². The van der Waals surface area contributed by atoms with E-state index in [4.69, 9.17) is 9.26 Å². The van der Waals surface area contributed by atoms with Gasteiger partial charge in [0, 0.05) is 6.61 Å². The van der Waals surface area contributed by atoms with Gasteiger partial charge in [-0.3, -0.25) is 0 Å². The van der Waals surface area contributed by atoms with Gasteiger partial charge in [0.25, 0.3) is 5.89 Å². The number of aliphatic hydroxyl groups excluding tert-OH is 1. The van der Waals surface area contributed by atoms with Gasteiger partial charge in [-0.1, -0.05) is 35.5 Å². The quantitative estimate of drug-likeness (QED) is 0.878. The first-order valence-electron chi connectivity index (χ1n) is 5.90. The molecule has 0 radical (unpaired) electrons. The lowest BCUT2D eigenvalue weighted by Gasteiger charge is -2.06. The highest BCUT2D eigenvalue weighted by atomic mass is 16.5. The van der Waals surface area contributed by atoms with E-state index in [1.807, 2.05) is 32.0 Å². The highest BCUT2D eigenvalue weighted by molar-refractivity contribution is 5.21. The van der Waals surface area contributed by atoms with E-state index < -0.39 is 6.10 Å². The molecule has 0 aliphatic carbocycles. The van der Waals surface area contributed by atoms with Crippen molar-refractivity contribution in [1.82, 2.24) is 10.1 Å². The number of aromatic nitrogens is 2. The van der Waals surface area contributed by atoms with E-state index in [9.17, 15) is 5.11 Å². The summed E-state index contributed by atoms with van der Waals surface area (Å²) in [5.41, 5.74) is 0.719.